The van der Waals surface area contributed by atoms with Gasteiger partial charge in [-0.1, -0.05) is 95.0 Å². The first kappa shape index (κ1) is 18.2. The Hall–Kier alpha value is -0.820. The number of hydrogen-bond acceptors (Lipinski definition) is 1. The Morgan fingerprint density at radius 3 is 1.95 bits per heavy atom. The molecule has 0 heterocycles. The first-order chi connectivity index (χ1) is 10.4. The van der Waals surface area contributed by atoms with E-state index in [4.69, 9.17) is 0 Å². The summed E-state index contributed by atoms with van der Waals surface area (Å²) in [4.78, 5) is 0. The van der Waals surface area contributed by atoms with Gasteiger partial charge in [-0.2, -0.15) is 0 Å². The second kappa shape index (κ2) is 12.9. The zero-order chi connectivity index (χ0) is 15.2. The lowest BCUT2D eigenvalue weighted by Gasteiger charge is -2.17. The van der Waals surface area contributed by atoms with Gasteiger partial charge in [0.15, 0.2) is 0 Å². The molecule has 0 aliphatic heterocycles. The van der Waals surface area contributed by atoms with Crippen LogP contribution in [0.15, 0.2) is 30.3 Å². The van der Waals surface area contributed by atoms with Crippen LogP contribution in [0, 0.1) is 0 Å². The maximum absolute atomic E-state index is 3.35. The predicted molar refractivity (Wildman–Crippen MR) is 95.0 cm³/mol. The van der Waals surface area contributed by atoms with Crippen LogP contribution >= 0.6 is 0 Å². The van der Waals surface area contributed by atoms with Crippen LogP contribution in [0.2, 0.25) is 0 Å². The number of hydrogen-bond donors (Lipinski definition) is 1. The number of unbranched alkanes of at least 4 members (excludes halogenated alkanes) is 8. The smallest absolute Gasteiger partial charge is 0.00171 e. The lowest BCUT2D eigenvalue weighted by molar-refractivity contribution is 0.514. The van der Waals surface area contributed by atoms with Gasteiger partial charge < -0.3 is 5.32 Å². The Balaban J connectivity index is 2.09. The SMILES string of the molecule is CCCCCCCCCCCC(CNC)c1ccccc1. The van der Waals surface area contributed by atoms with E-state index in [9.17, 15) is 0 Å². The third-order valence-corrected chi connectivity index (χ3v) is 4.38. The lowest BCUT2D eigenvalue weighted by atomic mass is 9.93. The van der Waals surface area contributed by atoms with Crippen LogP contribution in [0.1, 0.15) is 82.6 Å². The summed E-state index contributed by atoms with van der Waals surface area (Å²) in [5.41, 5.74) is 1.49. The van der Waals surface area contributed by atoms with Crippen LogP contribution < -0.4 is 5.32 Å². The van der Waals surface area contributed by atoms with E-state index in [1.54, 1.807) is 0 Å². The fourth-order valence-corrected chi connectivity index (χ4v) is 3.06. The molecule has 0 amide bonds. The Kier molecular flexibility index (Phi) is 11.2. The van der Waals surface area contributed by atoms with E-state index in [0.717, 1.165) is 6.54 Å². The summed E-state index contributed by atoms with van der Waals surface area (Å²) >= 11 is 0. The Labute approximate surface area is 132 Å². The van der Waals surface area contributed by atoms with Crippen molar-refractivity contribution < 1.29 is 0 Å². The summed E-state index contributed by atoms with van der Waals surface area (Å²) in [5.74, 6) is 0.681. The molecule has 1 rings (SSSR count). The minimum atomic E-state index is 0.681. The van der Waals surface area contributed by atoms with Crippen molar-refractivity contribution in [2.75, 3.05) is 13.6 Å². The topological polar surface area (TPSA) is 12.0 Å². The Morgan fingerprint density at radius 1 is 0.810 bits per heavy atom. The van der Waals surface area contributed by atoms with Crippen molar-refractivity contribution in [3.63, 3.8) is 0 Å². The minimum Gasteiger partial charge on any atom is -0.319 e. The Bertz CT molecular complexity index is 320. The van der Waals surface area contributed by atoms with Gasteiger partial charge in [-0.3, -0.25) is 0 Å². The summed E-state index contributed by atoms with van der Waals surface area (Å²) in [6.07, 6.45) is 14.1. The van der Waals surface area contributed by atoms with Crippen molar-refractivity contribution in [1.82, 2.24) is 5.32 Å². The molecule has 0 bridgehead atoms. The van der Waals surface area contributed by atoms with E-state index in [-0.39, 0.29) is 0 Å². The molecule has 0 saturated carbocycles. The van der Waals surface area contributed by atoms with Crippen molar-refractivity contribution in [3.8, 4) is 0 Å². The molecule has 1 N–H and O–H groups in total. The summed E-state index contributed by atoms with van der Waals surface area (Å²) in [6.45, 7) is 3.38. The second-order valence-electron chi connectivity index (χ2n) is 6.28. The monoisotopic (exact) mass is 289 g/mol. The molecule has 120 valence electrons. The summed E-state index contributed by atoms with van der Waals surface area (Å²) in [7, 11) is 2.06. The normalized spacial score (nSPS) is 12.5. The third-order valence-electron chi connectivity index (χ3n) is 4.38. The average molecular weight is 290 g/mol. The molecule has 0 saturated heterocycles. The summed E-state index contributed by atoms with van der Waals surface area (Å²) < 4.78 is 0. The van der Waals surface area contributed by atoms with E-state index in [1.165, 1.54) is 69.8 Å². The van der Waals surface area contributed by atoms with Crippen LogP contribution in [-0.4, -0.2) is 13.6 Å². The maximum atomic E-state index is 3.35. The molecule has 0 aliphatic rings. The molecular formula is C20H35N. The van der Waals surface area contributed by atoms with E-state index >= 15 is 0 Å². The zero-order valence-electron chi connectivity index (χ0n) is 14.2. The number of likely N-dealkylation sites (N-methyl/N-ethyl adjacent to an activating group) is 1. The van der Waals surface area contributed by atoms with Crippen LogP contribution in [0.3, 0.4) is 0 Å². The maximum Gasteiger partial charge on any atom is 0.00171 e. The van der Waals surface area contributed by atoms with Crippen molar-refractivity contribution in [3.05, 3.63) is 35.9 Å². The summed E-state index contributed by atoms with van der Waals surface area (Å²) in [5, 5.41) is 3.35. The fourth-order valence-electron chi connectivity index (χ4n) is 3.06. The number of rotatable bonds is 13. The van der Waals surface area contributed by atoms with Crippen molar-refractivity contribution >= 4 is 0 Å². The van der Waals surface area contributed by atoms with Gasteiger partial charge in [-0.05, 0) is 24.9 Å². The highest BCUT2D eigenvalue weighted by Crippen LogP contribution is 2.22. The standard InChI is InChI=1S/C20H35N/c1-3-4-5-6-7-8-9-10-12-17-20(18-21-2)19-15-13-11-14-16-19/h11,13-16,20-21H,3-10,12,17-18H2,1-2H3. The fraction of sp³-hybridized carbons (Fsp3) is 0.700. The van der Waals surface area contributed by atoms with Gasteiger partial charge in [0.05, 0.1) is 0 Å². The van der Waals surface area contributed by atoms with E-state index in [0.29, 0.717) is 5.92 Å². The van der Waals surface area contributed by atoms with Gasteiger partial charge in [0.1, 0.15) is 0 Å². The molecule has 1 unspecified atom stereocenters. The van der Waals surface area contributed by atoms with Crippen LogP contribution in [0.5, 0.6) is 0 Å². The number of nitrogens with one attached hydrogen (secondary N) is 1. The lowest BCUT2D eigenvalue weighted by Crippen LogP contribution is -2.17. The molecule has 1 atom stereocenters. The largest absolute Gasteiger partial charge is 0.319 e. The molecular weight excluding hydrogens is 254 g/mol. The predicted octanol–water partition coefficient (Wildman–Crippen LogP) is 5.91. The quantitative estimate of drug-likeness (QED) is 0.445. The molecule has 1 heteroatoms. The molecule has 21 heavy (non-hydrogen) atoms. The van der Waals surface area contributed by atoms with Crippen LogP contribution in [0.4, 0.5) is 0 Å². The molecule has 1 nitrogen and oxygen atoms in total. The first-order valence-corrected chi connectivity index (χ1v) is 9.08. The molecule has 1 aromatic carbocycles. The highest BCUT2D eigenvalue weighted by Gasteiger charge is 2.09. The molecule has 0 fully saturated rings. The Morgan fingerprint density at radius 2 is 1.38 bits per heavy atom. The minimum absolute atomic E-state index is 0.681. The van der Waals surface area contributed by atoms with Gasteiger partial charge in [0.2, 0.25) is 0 Å². The van der Waals surface area contributed by atoms with Gasteiger partial charge in [-0.25, -0.2) is 0 Å². The van der Waals surface area contributed by atoms with Crippen molar-refractivity contribution in [1.29, 1.82) is 0 Å². The molecule has 0 radical (unpaired) electrons. The number of benzene rings is 1. The highest BCUT2D eigenvalue weighted by molar-refractivity contribution is 5.19. The van der Waals surface area contributed by atoms with E-state index < -0.39 is 0 Å². The summed E-state index contributed by atoms with van der Waals surface area (Å²) in [6, 6.07) is 11.0. The van der Waals surface area contributed by atoms with E-state index in [2.05, 4.69) is 49.6 Å². The zero-order valence-corrected chi connectivity index (χ0v) is 14.2. The van der Waals surface area contributed by atoms with E-state index in [1.807, 2.05) is 0 Å². The van der Waals surface area contributed by atoms with Crippen LogP contribution in [-0.2, 0) is 0 Å². The highest BCUT2D eigenvalue weighted by atomic mass is 14.8. The molecule has 0 aromatic heterocycles. The van der Waals surface area contributed by atoms with Gasteiger partial charge >= 0.3 is 0 Å². The van der Waals surface area contributed by atoms with Crippen molar-refractivity contribution in [2.45, 2.75) is 77.0 Å². The second-order valence-corrected chi connectivity index (χ2v) is 6.28. The average Bonchev–Trinajstić information content (AvgIpc) is 2.53. The van der Waals surface area contributed by atoms with Crippen LogP contribution in [0.25, 0.3) is 0 Å². The first-order valence-electron chi connectivity index (χ1n) is 9.08. The molecule has 0 aliphatic carbocycles. The van der Waals surface area contributed by atoms with Gasteiger partial charge in [0, 0.05) is 6.54 Å². The third kappa shape index (κ3) is 8.93. The molecule has 1 aromatic rings. The van der Waals surface area contributed by atoms with Crippen molar-refractivity contribution in [2.24, 2.45) is 0 Å². The molecule has 0 spiro atoms. The van der Waals surface area contributed by atoms with Gasteiger partial charge in [0.25, 0.3) is 0 Å². The van der Waals surface area contributed by atoms with Gasteiger partial charge in [-0.15, -0.1) is 0 Å².